The molecule has 0 amide bonds. The van der Waals surface area contributed by atoms with Crippen molar-refractivity contribution < 1.29 is 13.2 Å². The summed E-state index contributed by atoms with van der Waals surface area (Å²) in [6.07, 6.45) is 2.08. The Morgan fingerprint density at radius 3 is 2.62 bits per heavy atom. The van der Waals surface area contributed by atoms with Gasteiger partial charge in [-0.3, -0.25) is 0 Å². The highest BCUT2D eigenvalue weighted by molar-refractivity contribution is 9.10. The zero-order valence-corrected chi connectivity index (χ0v) is 11.3. The van der Waals surface area contributed by atoms with Crippen LogP contribution in [0.4, 0.5) is 0 Å². The van der Waals surface area contributed by atoms with Gasteiger partial charge in [-0.25, -0.2) is 8.42 Å². The molecule has 16 heavy (non-hydrogen) atoms. The summed E-state index contributed by atoms with van der Waals surface area (Å²) in [5, 5.41) is 0. The SMILES string of the molecule is COc1ccc(S(=O)(=O)CC2CC2)cc1Br. The van der Waals surface area contributed by atoms with Gasteiger partial charge in [-0.15, -0.1) is 0 Å². The fourth-order valence-corrected chi connectivity index (χ4v) is 3.94. The molecule has 1 fully saturated rings. The van der Waals surface area contributed by atoms with E-state index in [-0.39, 0.29) is 5.75 Å². The average Bonchev–Trinajstić information content (AvgIpc) is 3.01. The number of sulfone groups is 1. The van der Waals surface area contributed by atoms with E-state index in [4.69, 9.17) is 4.74 Å². The molecule has 3 nitrogen and oxygen atoms in total. The molecular formula is C11H13BrO3S. The third-order valence-electron chi connectivity index (χ3n) is 2.63. The molecule has 0 atom stereocenters. The summed E-state index contributed by atoms with van der Waals surface area (Å²) in [4.78, 5) is 0.368. The van der Waals surface area contributed by atoms with Gasteiger partial charge in [-0.2, -0.15) is 0 Å². The molecule has 1 saturated carbocycles. The van der Waals surface area contributed by atoms with Crippen molar-refractivity contribution in [1.82, 2.24) is 0 Å². The van der Waals surface area contributed by atoms with E-state index >= 15 is 0 Å². The lowest BCUT2D eigenvalue weighted by Gasteiger charge is -2.07. The molecule has 0 N–H and O–H groups in total. The fraction of sp³-hybridized carbons (Fsp3) is 0.455. The van der Waals surface area contributed by atoms with E-state index in [1.807, 2.05) is 0 Å². The van der Waals surface area contributed by atoms with E-state index < -0.39 is 9.84 Å². The van der Waals surface area contributed by atoms with Crippen molar-refractivity contribution in [3.63, 3.8) is 0 Å². The molecule has 1 aromatic rings. The maximum absolute atomic E-state index is 12.0. The van der Waals surface area contributed by atoms with Gasteiger partial charge < -0.3 is 4.74 Å². The lowest BCUT2D eigenvalue weighted by atomic mass is 10.3. The van der Waals surface area contributed by atoms with Crippen LogP contribution in [0.25, 0.3) is 0 Å². The minimum Gasteiger partial charge on any atom is -0.496 e. The van der Waals surface area contributed by atoms with Gasteiger partial charge in [0.15, 0.2) is 9.84 Å². The Morgan fingerprint density at radius 1 is 1.44 bits per heavy atom. The van der Waals surface area contributed by atoms with Crippen molar-refractivity contribution in [3.05, 3.63) is 22.7 Å². The van der Waals surface area contributed by atoms with Crippen LogP contribution >= 0.6 is 15.9 Å². The summed E-state index contributed by atoms with van der Waals surface area (Å²) >= 11 is 3.29. The molecule has 1 aromatic carbocycles. The van der Waals surface area contributed by atoms with Crippen LogP contribution in [0.2, 0.25) is 0 Å². The normalized spacial score (nSPS) is 16.1. The Morgan fingerprint density at radius 2 is 2.12 bits per heavy atom. The van der Waals surface area contributed by atoms with E-state index in [9.17, 15) is 8.42 Å². The van der Waals surface area contributed by atoms with Gasteiger partial charge in [0.25, 0.3) is 0 Å². The quantitative estimate of drug-likeness (QED) is 0.859. The number of ether oxygens (including phenoxy) is 1. The van der Waals surface area contributed by atoms with Gasteiger partial charge in [0.2, 0.25) is 0 Å². The first kappa shape index (κ1) is 11.9. The Bertz CT molecular complexity index is 492. The highest BCUT2D eigenvalue weighted by atomic mass is 79.9. The second-order valence-corrected chi connectivity index (χ2v) is 6.91. The molecule has 0 saturated heterocycles. The summed E-state index contributed by atoms with van der Waals surface area (Å²) < 4.78 is 29.7. The van der Waals surface area contributed by atoms with Crippen LogP contribution in [0.5, 0.6) is 5.75 Å². The van der Waals surface area contributed by atoms with Crippen molar-refractivity contribution >= 4 is 25.8 Å². The third kappa shape index (κ3) is 2.58. The maximum atomic E-state index is 12.0. The third-order valence-corrected chi connectivity index (χ3v) is 5.14. The summed E-state index contributed by atoms with van der Waals surface area (Å²) in [5.74, 6) is 1.28. The molecule has 0 bridgehead atoms. The molecule has 2 rings (SSSR count). The molecule has 0 aromatic heterocycles. The number of hydrogen-bond donors (Lipinski definition) is 0. The Labute approximate surface area is 104 Å². The zero-order chi connectivity index (χ0) is 11.8. The molecule has 5 heteroatoms. The molecular weight excluding hydrogens is 292 g/mol. The first-order valence-corrected chi connectivity index (χ1v) is 7.54. The Hall–Kier alpha value is -0.550. The lowest BCUT2D eigenvalue weighted by Crippen LogP contribution is -2.08. The summed E-state index contributed by atoms with van der Waals surface area (Å²) in [7, 11) is -1.58. The van der Waals surface area contributed by atoms with E-state index in [0.29, 0.717) is 21.0 Å². The number of benzene rings is 1. The smallest absolute Gasteiger partial charge is 0.178 e. The van der Waals surface area contributed by atoms with E-state index in [1.165, 1.54) is 0 Å². The monoisotopic (exact) mass is 304 g/mol. The standard InChI is InChI=1S/C11H13BrO3S/c1-15-11-5-4-9(6-10(11)12)16(13,14)7-8-2-3-8/h4-6,8H,2-3,7H2,1H3. The second kappa shape index (κ2) is 4.37. The first-order valence-electron chi connectivity index (χ1n) is 5.09. The molecule has 0 heterocycles. The van der Waals surface area contributed by atoms with Crippen LogP contribution in [0.1, 0.15) is 12.8 Å². The maximum Gasteiger partial charge on any atom is 0.178 e. The van der Waals surface area contributed by atoms with Gasteiger partial charge in [-0.1, -0.05) is 0 Å². The van der Waals surface area contributed by atoms with Crippen molar-refractivity contribution in [2.24, 2.45) is 5.92 Å². The molecule has 0 radical (unpaired) electrons. The van der Waals surface area contributed by atoms with Crippen LogP contribution in [0.15, 0.2) is 27.6 Å². The van der Waals surface area contributed by atoms with Gasteiger partial charge in [0.1, 0.15) is 5.75 Å². The minimum absolute atomic E-state index is 0.270. The molecule has 0 aliphatic heterocycles. The lowest BCUT2D eigenvalue weighted by molar-refractivity contribution is 0.411. The number of halogens is 1. The molecule has 0 unspecified atom stereocenters. The van der Waals surface area contributed by atoms with Gasteiger partial charge in [0, 0.05) is 0 Å². The largest absolute Gasteiger partial charge is 0.496 e. The zero-order valence-electron chi connectivity index (χ0n) is 8.94. The topological polar surface area (TPSA) is 43.4 Å². The number of methoxy groups -OCH3 is 1. The van der Waals surface area contributed by atoms with Crippen molar-refractivity contribution in [2.45, 2.75) is 17.7 Å². The molecule has 0 spiro atoms. The van der Waals surface area contributed by atoms with Crippen LogP contribution in [-0.4, -0.2) is 21.3 Å². The fourth-order valence-electron chi connectivity index (χ4n) is 1.53. The van der Waals surface area contributed by atoms with Crippen molar-refractivity contribution in [3.8, 4) is 5.75 Å². The van der Waals surface area contributed by atoms with Gasteiger partial charge in [0.05, 0.1) is 22.2 Å². The summed E-state index contributed by atoms with van der Waals surface area (Å²) in [5.41, 5.74) is 0. The average molecular weight is 305 g/mol. The van der Waals surface area contributed by atoms with Gasteiger partial charge >= 0.3 is 0 Å². The summed E-state index contributed by atoms with van der Waals surface area (Å²) in [6, 6.07) is 4.88. The predicted octanol–water partition coefficient (Wildman–Crippen LogP) is 2.64. The number of rotatable bonds is 4. The van der Waals surface area contributed by atoms with E-state index in [1.54, 1.807) is 25.3 Å². The van der Waals surface area contributed by atoms with Gasteiger partial charge in [-0.05, 0) is 52.9 Å². The first-order chi connectivity index (χ1) is 7.53. The van der Waals surface area contributed by atoms with Crippen LogP contribution < -0.4 is 4.74 Å². The Balaban J connectivity index is 2.29. The minimum atomic E-state index is -3.13. The van der Waals surface area contributed by atoms with Crippen molar-refractivity contribution in [1.29, 1.82) is 0 Å². The van der Waals surface area contributed by atoms with Crippen LogP contribution in [-0.2, 0) is 9.84 Å². The van der Waals surface area contributed by atoms with Crippen molar-refractivity contribution in [2.75, 3.05) is 12.9 Å². The highest BCUT2D eigenvalue weighted by Gasteiger charge is 2.29. The molecule has 1 aliphatic rings. The highest BCUT2D eigenvalue weighted by Crippen LogP contribution is 2.34. The summed E-state index contributed by atoms with van der Waals surface area (Å²) in [6.45, 7) is 0. The second-order valence-electron chi connectivity index (χ2n) is 4.02. The number of hydrogen-bond acceptors (Lipinski definition) is 3. The van der Waals surface area contributed by atoms with E-state index in [2.05, 4.69) is 15.9 Å². The van der Waals surface area contributed by atoms with Crippen LogP contribution in [0, 0.1) is 5.92 Å². The van der Waals surface area contributed by atoms with E-state index in [0.717, 1.165) is 12.8 Å². The van der Waals surface area contributed by atoms with Crippen LogP contribution in [0.3, 0.4) is 0 Å². The molecule has 1 aliphatic carbocycles. The predicted molar refractivity (Wildman–Crippen MR) is 65.5 cm³/mol. The Kier molecular flexibility index (Phi) is 3.26. The molecule has 88 valence electrons.